The fourth-order valence-electron chi connectivity index (χ4n) is 1.89. The van der Waals surface area contributed by atoms with Crippen LogP contribution in [-0.2, 0) is 6.54 Å². The second-order valence-electron chi connectivity index (χ2n) is 4.06. The third kappa shape index (κ3) is 2.67. The minimum absolute atomic E-state index is 0.506. The Morgan fingerprint density at radius 1 is 1.05 bits per heavy atom. The van der Waals surface area contributed by atoms with Crippen LogP contribution in [0.1, 0.15) is 0 Å². The standard InChI is InChI=1S/C13H18N4O3/c1-18-11-7-13(20-3)12(19-2)6-9(11)10-8-17(5-4-14)16-15-10/h6-8H,4-5,14H2,1-3H3. The summed E-state index contributed by atoms with van der Waals surface area (Å²) < 4.78 is 17.6. The van der Waals surface area contributed by atoms with Crippen molar-refractivity contribution in [1.82, 2.24) is 15.0 Å². The molecule has 2 aromatic rings. The SMILES string of the molecule is COc1cc(OC)c(-c2cn(CCN)nn2)cc1OC. The van der Waals surface area contributed by atoms with Gasteiger partial charge >= 0.3 is 0 Å². The highest BCUT2D eigenvalue weighted by molar-refractivity contribution is 5.71. The van der Waals surface area contributed by atoms with E-state index in [1.165, 1.54) is 0 Å². The van der Waals surface area contributed by atoms with E-state index in [4.69, 9.17) is 19.9 Å². The molecule has 7 heteroatoms. The monoisotopic (exact) mass is 278 g/mol. The van der Waals surface area contributed by atoms with E-state index in [-0.39, 0.29) is 0 Å². The maximum atomic E-state index is 5.50. The van der Waals surface area contributed by atoms with E-state index in [2.05, 4.69) is 10.3 Å². The Kier molecular flexibility index (Phi) is 4.41. The average molecular weight is 278 g/mol. The highest BCUT2D eigenvalue weighted by Crippen LogP contribution is 2.39. The molecule has 2 rings (SSSR count). The maximum Gasteiger partial charge on any atom is 0.164 e. The van der Waals surface area contributed by atoms with Gasteiger partial charge in [0.15, 0.2) is 11.5 Å². The van der Waals surface area contributed by atoms with Crippen LogP contribution in [0.15, 0.2) is 18.3 Å². The Morgan fingerprint density at radius 2 is 1.70 bits per heavy atom. The minimum atomic E-state index is 0.506. The number of aromatic nitrogens is 3. The van der Waals surface area contributed by atoms with Crippen LogP contribution in [0.4, 0.5) is 0 Å². The summed E-state index contributed by atoms with van der Waals surface area (Å²) in [4.78, 5) is 0. The molecule has 0 radical (unpaired) electrons. The molecular formula is C13H18N4O3. The van der Waals surface area contributed by atoms with Crippen molar-refractivity contribution in [1.29, 1.82) is 0 Å². The molecule has 0 bridgehead atoms. The first-order chi connectivity index (χ1) is 9.73. The number of benzene rings is 1. The van der Waals surface area contributed by atoms with Crippen LogP contribution in [0.25, 0.3) is 11.3 Å². The Labute approximate surface area is 117 Å². The summed E-state index contributed by atoms with van der Waals surface area (Å²) in [6.45, 7) is 1.12. The fraction of sp³-hybridized carbons (Fsp3) is 0.385. The second kappa shape index (κ2) is 6.25. The number of nitrogens with zero attached hydrogens (tertiary/aromatic N) is 3. The van der Waals surface area contributed by atoms with Crippen molar-refractivity contribution >= 4 is 0 Å². The summed E-state index contributed by atoms with van der Waals surface area (Å²) in [5.41, 5.74) is 6.97. The molecule has 0 saturated carbocycles. The molecule has 7 nitrogen and oxygen atoms in total. The van der Waals surface area contributed by atoms with Crippen LogP contribution in [0.3, 0.4) is 0 Å². The van der Waals surface area contributed by atoms with E-state index in [1.807, 2.05) is 12.3 Å². The van der Waals surface area contributed by atoms with Gasteiger partial charge in [-0.25, -0.2) is 0 Å². The lowest BCUT2D eigenvalue weighted by Crippen LogP contribution is -2.10. The smallest absolute Gasteiger partial charge is 0.164 e. The van der Waals surface area contributed by atoms with Crippen molar-refractivity contribution in [3.63, 3.8) is 0 Å². The Hall–Kier alpha value is -2.28. The first kappa shape index (κ1) is 14.1. The van der Waals surface area contributed by atoms with E-state index < -0.39 is 0 Å². The molecule has 0 atom stereocenters. The first-order valence-electron chi connectivity index (χ1n) is 6.14. The number of rotatable bonds is 6. The first-order valence-corrected chi connectivity index (χ1v) is 6.14. The highest BCUT2D eigenvalue weighted by Gasteiger charge is 2.15. The summed E-state index contributed by atoms with van der Waals surface area (Å²) in [5, 5.41) is 8.14. The van der Waals surface area contributed by atoms with Crippen LogP contribution in [0.2, 0.25) is 0 Å². The number of hydrogen-bond donors (Lipinski definition) is 1. The minimum Gasteiger partial charge on any atom is -0.496 e. The number of hydrogen-bond acceptors (Lipinski definition) is 6. The molecule has 0 aliphatic carbocycles. The normalized spacial score (nSPS) is 10.4. The average Bonchev–Trinajstić information content (AvgIpc) is 2.94. The second-order valence-corrected chi connectivity index (χ2v) is 4.06. The summed E-state index contributed by atoms with van der Waals surface area (Å²) in [7, 11) is 4.75. The van der Waals surface area contributed by atoms with Crippen molar-refractivity contribution in [3.05, 3.63) is 18.3 Å². The molecule has 20 heavy (non-hydrogen) atoms. The molecule has 108 valence electrons. The van der Waals surface area contributed by atoms with Gasteiger partial charge in [-0.15, -0.1) is 5.10 Å². The molecule has 0 spiro atoms. The molecule has 1 aromatic carbocycles. The quantitative estimate of drug-likeness (QED) is 0.846. The van der Waals surface area contributed by atoms with E-state index in [0.717, 1.165) is 5.56 Å². The van der Waals surface area contributed by atoms with Gasteiger partial charge in [-0.2, -0.15) is 0 Å². The Bertz CT molecular complexity index is 583. The zero-order valence-electron chi connectivity index (χ0n) is 11.8. The highest BCUT2D eigenvalue weighted by atomic mass is 16.5. The van der Waals surface area contributed by atoms with Gasteiger partial charge in [0.1, 0.15) is 11.4 Å². The van der Waals surface area contributed by atoms with Crippen LogP contribution in [0.5, 0.6) is 17.2 Å². The number of nitrogens with two attached hydrogens (primary N) is 1. The molecule has 0 aliphatic rings. The van der Waals surface area contributed by atoms with Crippen molar-refractivity contribution < 1.29 is 14.2 Å². The van der Waals surface area contributed by atoms with Gasteiger partial charge in [-0.05, 0) is 6.07 Å². The van der Waals surface area contributed by atoms with Crippen molar-refractivity contribution in [2.75, 3.05) is 27.9 Å². The third-order valence-corrected chi connectivity index (χ3v) is 2.88. The largest absolute Gasteiger partial charge is 0.496 e. The van der Waals surface area contributed by atoms with Gasteiger partial charge in [0, 0.05) is 18.2 Å². The predicted octanol–water partition coefficient (Wildman–Crippen LogP) is 0.930. The molecular weight excluding hydrogens is 260 g/mol. The molecule has 0 saturated heterocycles. The molecule has 0 unspecified atom stereocenters. The molecule has 2 N–H and O–H groups in total. The Balaban J connectivity index is 2.47. The van der Waals surface area contributed by atoms with E-state index in [0.29, 0.717) is 36.0 Å². The van der Waals surface area contributed by atoms with Crippen molar-refractivity contribution in [2.45, 2.75) is 6.54 Å². The molecule has 0 amide bonds. The van der Waals surface area contributed by atoms with Crippen LogP contribution in [0, 0.1) is 0 Å². The fourth-order valence-corrected chi connectivity index (χ4v) is 1.89. The van der Waals surface area contributed by atoms with Crippen LogP contribution in [-0.4, -0.2) is 42.9 Å². The zero-order chi connectivity index (χ0) is 14.5. The lowest BCUT2D eigenvalue weighted by molar-refractivity contribution is 0.349. The predicted molar refractivity (Wildman–Crippen MR) is 74.2 cm³/mol. The summed E-state index contributed by atoms with van der Waals surface area (Å²) >= 11 is 0. The van der Waals surface area contributed by atoms with Gasteiger partial charge < -0.3 is 19.9 Å². The molecule has 0 aliphatic heterocycles. The lowest BCUT2D eigenvalue weighted by Gasteiger charge is -2.12. The van der Waals surface area contributed by atoms with Crippen molar-refractivity contribution in [2.24, 2.45) is 5.73 Å². The van der Waals surface area contributed by atoms with Gasteiger partial charge in [-0.3, -0.25) is 4.68 Å². The van der Waals surface area contributed by atoms with Gasteiger partial charge in [0.05, 0.1) is 34.1 Å². The van der Waals surface area contributed by atoms with Crippen molar-refractivity contribution in [3.8, 4) is 28.5 Å². The molecule has 1 aromatic heterocycles. The summed E-state index contributed by atoms with van der Waals surface area (Å²) in [5.74, 6) is 1.85. The zero-order valence-corrected chi connectivity index (χ0v) is 11.8. The number of methoxy groups -OCH3 is 3. The van der Waals surface area contributed by atoms with E-state index >= 15 is 0 Å². The van der Waals surface area contributed by atoms with E-state index in [9.17, 15) is 0 Å². The molecule has 0 fully saturated rings. The molecule has 1 heterocycles. The number of ether oxygens (including phenoxy) is 3. The third-order valence-electron chi connectivity index (χ3n) is 2.88. The summed E-state index contributed by atoms with van der Waals surface area (Å²) in [6, 6.07) is 3.57. The summed E-state index contributed by atoms with van der Waals surface area (Å²) in [6.07, 6.45) is 1.82. The lowest BCUT2D eigenvalue weighted by atomic mass is 10.1. The van der Waals surface area contributed by atoms with Gasteiger partial charge in [0.25, 0.3) is 0 Å². The van der Waals surface area contributed by atoms with Crippen LogP contribution < -0.4 is 19.9 Å². The van der Waals surface area contributed by atoms with Crippen LogP contribution >= 0.6 is 0 Å². The maximum absolute atomic E-state index is 5.50. The Morgan fingerprint density at radius 3 is 2.30 bits per heavy atom. The van der Waals surface area contributed by atoms with Gasteiger partial charge in [-0.1, -0.05) is 5.21 Å². The topological polar surface area (TPSA) is 84.4 Å². The van der Waals surface area contributed by atoms with E-state index in [1.54, 1.807) is 32.1 Å². The van der Waals surface area contributed by atoms with Gasteiger partial charge in [0.2, 0.25) is 0 Å².